The third-order valence-electron chi connectivity index (χ3n) is 5.29. The van der Waals surface area contributed by atoms with Crippen LogP contribution in [0.3, 0.4) is 0 Å². The molecule has 1 aromatic heterocycles. The first-order valence-corrected chi connectivity index (χ1v) is 9.37. The average Bonchev–Trinajstić information content (AvgIpc) is 2.74. The largest absolute Gasteiger partial charge is 0.343 e. The summed E-state index contributed by atoms with van der Waals surface area (Å²) in [6.45, 7) is 1.78. The number of amides is 1. The number of carbonyl (C=O) groups excluding carboxylic acids is 1. The van der Waals surface area contributed by atoms with E-state index in [-0.39, 0.29) is 24.4 Å². The van der Waals surface area contributed by atoms with Crippen molar-refractivity contribution >= 4 is 16.8 Å². The molecule has 1 amide bonds. The van der Waals surface area contributed by atoms with E-state index in [4.69, 9.17) is 0 Å². The molecule has 0 spiro atoms. The number of hydrogen-bond acceptors (Lipinski definition) is 4. The average molecular weight is 362 g/mol. The molecule has 0 radical (unpaired) electrons. The first kappa shape index (κ1) is 17.4. The van der Waals surface area contributed by atoms with Crippen LogP contribution in [0.15, 0.2) is 59.4 Å². The van der Waals surface area contributed by atoms with Crippen molar-refractivity contribution in [3.05, 3.63) is 70.5 Å². The van der Waals surface area contributed by atoms with E-state index in [1.165, 1.54) is 10.2 Å². The molecule has 0 N–H and O–H groups in total. The van der Waals surface area contributed by atoms with Gasteiger partial charge in [0.15, 0.2) is 0 Å². The number of carbonyl (C=O) groups is 1. The minimum Gasteiger partial charge on any atom is -0.343 e. The summed E-state index contributed by atoms with van der Waals surface area (Å²) in [6, 6.07) is 17.6. The Morgan fingerprint density at radius 3 is 2.48 bits per heavy atom. The summed E-state index contributed by atoms with van der Waals surface area (Å²) in [4.78, 5) is 26.9. The molecule has 0 saturated carbocycles. The molecule has 3 aromatic rings. The lowest BCUT2D eigenvalue weighted by molar-refractivity contribution is -0.132. The van der Waals surface area contributed by atoms with Crippen molar-refractivity contribution in [2.45, 2.75) is 31.7 Å². The number of piperidine rings is 1. The van der Waals surface area contributed by atoms with Gasteiger partial charge in [0.25, 0.3) is 5.56 Å². The molecule has 2 heterocycles. The fourth-order valence-electron chi connectivity index (χ4n) is 3.72. The van der Waals surface area contributed by atoms with Crippen LogP contribution in [0.1, 0.15) is 30.7 Å². The predicted molar refractivity (Wildman–Crippen MR) is 103 cm³/mol. The topological polar surface area (TPSA) is 68.1 Å². The lowest BCUT2D eigenvalue weighted by Gasteiger charge is -2.32. The number of aryl methyl sites for hydroxylation is 1. The van der Waals surface area contributed by atoms with Crippen molar-refractivity contribution in [1.82, 2.24) is 19.9 Å². The van der Waals surface area contributed by atoms with E-state index >= 15 is 0 Å². The number of hydrogen-bond donors (Lipinski definition) is 0. The van der Waals surface area contributed by atoms with Crippen LogP contribution in [-0.4, -0.2) is 38.9 Å². The molecule has 0 aliphatic carbocycles. The molecular weight excluding hydrogens is 340 g/mol. The van der Waals surface area contributed by atoms with E-state index in [9.17, 15) is 9.59 Å². The lowest BCUT2D eigenvalue weighted by atomic mass is 9.89. The van der Waals surface area contributed by atoms with E-state index in [1.807, 2.05) is 17.0 Å². The Hall–Kier alpha value is -3.02. The van der Waals surface area contributed by atoms with E-state index < -0.39 is 0 Å². The first-order valence-electron chi connectivity index (χ1n) is 9.37. The van der Waals surface area contributed by atoms with Crippen molar-refractivity contribution in [2.24, 2.45) is 0 Å². The second kappa shape index (κ2) is 7.70. The number of likely N-dealkylation sites (tertiary alicyclic amines) is 1. The Labute approximate surface area is 157 Å². The highest BCUT2D eigenvalue weighted by Gasteiger charge is 2.23. The number of benzene rings is 2. The van der Waals surface area contributed by atoms with Crippen LogP contribution in [0.2, 0.25) is 0 Å². The maximum atomic E-state index is 12.6. The van der Waals surface area contributed by atoms with Gasteiger partial charge in [-0.05, 0) is 36.5 Å². The van der Waals surface area contributed by atoms with Crippen LogP contribution < -0.4 is 5.56 Å². The highest BCUT2D eigenvalue weighted by atomic mass is 16.2. The summed E-state index contributed by atoms with van der Waals surface area (Å²) >= 11 is 0. The second-order valence-corrected chi connectivity index (χ2v) is 6.95. The van der Waals surface area contributed by atoms with Crippen LogP contribution in [0.25, 0.3) is 10.9 Å². The van der Waals surface area contributed by atoms with Gasteiger partial charge < -0.3 is 4.90 Å². The van der Waals surface area contributed by atoms with Crippen molar-refractivity contribution in [2.75, 3.05) is 13.1 Å². The number of rotatable bonds is 4. The molecule has 6 nitrogen and oxygen atoms in total. The first-order chi connectivity index (χ1) is 13.2. The van der Waals surface area contributed by atoms with E-state index in [2.05, 4.69) is 34.6 Å². The maximum Gasteiger partial charge on any atom is 0.277 e. The quantitative estimate of drug-likeness (QED) is 0.715. The van der Waals surface area contributed by atoms with Crippen LogP contribution in [-0.2, 0) is 11.3 Å². The summed E-state index contributed by atoms with van der Waals surface area (Å²) in [5.74, 6) is 0.590. The normalized spacial score (nSPS) is 15.2. The summed E-state index contributed by atoms with van der Waals surface area (Å²) in [5, 5.41) is 8.55. The van der Waals surface area contributed by atoms with Gasteiger partial charge in [-0.3, -0.25) is 9.59 Å². The van der Waals surface area contributed by atoms with Gasteiger partial charge in [-0.2, -0.15) is 0 Å². The molecule has 2 aromatic carbocycles. The Bertz CT molecular complexity index is 992. The second-order valence-electron chi connectivity index (χ2n) is 6.95. The van der Waals surface area contributed by atoms with Crippen molar-refractivity contribution in [3.8, 4) is 0 Å². The summed E-state index contributed by atoms with van der Waals surface area (Å²) in [6.07, 6.45) is 2.22. The SMILES string of the molecule is O=C(CCn1nnc2ccccc2c1=O)N1CCC(c2ccccc2)CC1. The molecule has 27 heavy (non-hydrogen) atoms. The smallest absolute Gasteiger partial charge is 0.277 e. The highest BCUT2D eigenvalue weighted by molar-refractivity contribution is 5.77. The Morgan fingerprint density at radius 2 is 1.70 bits per heavy atom. The van der Waals surface area contributed by atoms with Crippen molar-refractivity contribution in [1.29, 1.82) is 0 Å². The number of aromatic nitrogens is 3. The zero-order chi connectivity index (χ0) is 18.6. The fraction of sp³-hybridized carbons (Fsp3) is 0.333. The van der Waals surface area contributed by atoms with Gasteiger partial charge in [0.2, 0.25) is 5.91 Å². The van der Waals surface area contributed by atoms with Gasteiger partial charge in [0.1, 0.15) is 5.52 Å². The molecule has 6 heteroatoms. The van der Waals surface area contributed by atoms with Gasteiger partial charge in [0, 0.05) is 19.5 Å². The molecule has 0 atom stereocenters. The monoisotopic (exact) mass is 362 g/mol. The number of nitrogens with zero attached hydrogens (tertiary/aromatic N) is 4. The van der Waals surface area contributed by atoms with Gasteiger partial charge in [-0.25, -0.2) is 4.68 Å². The van der Waals surface area contributed by atoms with Gasteiger partial charge >= 0.3 is 0 Å². The molecule has 1 saturated heterocycles. The Kier molecular flexibility index (Phi) is 4.96. The lowest BCUT2D eigenvalue weighted by Crippen LogP contribution is -2.39. The van der Waals surface area contributed by atoms with E-state index in [0.29, 0.717) is 16.8 Å². The van der Waals surface area contributed by atoms with Crippen LogP contribution >= 0.6 is 0 Å². The van der Waals surface area contributed by atoms with Crippen molar-refractivity contribution in [3.63, 3.8) is 0 Å². The zero-order valence-corrected chi connectivity index (χ0v) is 15.1. The van der Waals surface area contributed by atoms with Crippen molar-refractivity contribution < 1.29 is 4.79 Å². The fourth-order valence-corrected chi connectivity index (χ4v) is 3.72. The molecular formula is C21H22N4O2. The van der Waals surface area contributed by atoms with Crippen LogP contribution in [0.5, 0.6) is 0 Å². The molecule has 1 aliphatic rings. The molecule has 0 bridgehead atoms. The summed E-state index contributed by atoms with van der Waals surface area (Å²) < 4.78 is 1.29. The maximum absolute atomic E-state index is 12.6. The van der Waals surface area contributed by atoms with Gasteiger partial charge in [0.05, 0.1) is 11.9 Å². The summed E-state index contributed by atoms with van der Waals surface area (Å²) in [7, 11) is 0. The molecule has 1 aliphatic heterocycles. The third-order valence-corrected chi connectivity index (χ3v) is 5.29. The Balaban J connectivity index is 1.35. The molecule has 0 unspecified atom stereocenters. The zero-order valence-electron chi connectivity index (χ0n) is 15.1. The highest BCUT2D eigenvalue weighted by Crippen LogP contribution is 2.27. The van der Waals surface area contributed by atoms with Gasteiger partial charge in [-0.15, -0.1) is 5.10 Å². The van der Waals surface area contributed by atoms with E-state index in [0.717, 1.165) is 25.9 Å². The predicted octanol–water partition coefficient (Wildman–Crippen LogP) is 2.59. The Morgan fingerprint density at radius 1 is 1.00 bits per heavy atom. The third kappa shape index (κ3) is 3.74. The standard InChI is InChI=1S/C21H22N4O2/c26-20(24-13-10-17(11-14-24)16-6-2-1-3-7-16)12-15-25-21(27)18-8-4-5-9-19(18)22-23-25/h1-9,17H,10-15H2. The molecule has 138 valence electrons. The van der Waals surface area contributed by atoms with Crippen LogP contribution in [0, 0.1) is 0 Å². The summed E-state index contributed by atoms with van der Waals surface area (Å²) in [5.41, 5.74) is 1.73. The number of fused-ring (bicyclic) bond motifs is 1. The molecule has 4 rings (SSSR count). The molecule has 1 fully saturated rings. The van der Waals surface area contributed by atoms with Gasteiger partial charge in [-0.1, -0.05) is 47.7 Å². The minimum atomic E-state index is -0.198. The van der Waals surface area contributed by atoms with Crippen LogP contribution in [0.4, 0.5) is 0 Å². The minimum absolute atomic E-state index is 0.0726. The van der Waals surface area contributed by atoms with E-state index in [1.54, 1.807) is 18.2 Å².